The maximum absolute atomic E-state index is 13.4. The molecule has 1 N–H and O–H groups in total. The van der Waals surface area contributed by atoms with Crippen LogP contribution in [0.3, 0.4) is 0 Å². The lowest BCUT2D eigenvalue weighted by molar-refractivity contribution is 0.434. The number of halogens is 2. The third-order valence-electron chi connectivity index (χ3n) is 2.60. The van der Waals surface area contributed by atoms with Crippen LogP contribution >= 0.6 is 0 Å². The zero-order chi connectivity index (χ0) is 13.7. The molecule has 0 amide bonds. The van der Waals surface area contributed by atoms with Gasteiger partial charge in [0.1, 0.15) is 11.6 Å². The number of aromatic nitrogens is 2. The molecule has 1 aromatic carbocycles. The van der Waals surface area contributed by atoms with Crippen LogP contribution < -0.4 is 5.32 Å². The molecule has 0 aliphatic heterocycles. The standard InChI is InChI=1S/C13H15F2N3O/c1-2-6-16-8-13-18-17-12(19-13)7-9-10(14)4-3-5-11(9)15/h3-5,16H,2,6-8H2,1H3. The summed E-state index contributed by atoms with van der Waals surface area (Å²) in [6.07, 6.45) is 0.959. The molecule has 4 nitrogen and oxygen atoms in total. The summed E-state index contributed by atoms with van der Waals surface area (Å²) in [6.45, 7) is 3.35. The Balaban J connectivity index is 2.03. The molecule has 0 radical (unpaired) electrons. The van der Waals surface area contributed by atoms with Gasteiger partial charge in [-0.25, -0.2) is 8.78 Å². The Morgan fingerprint density at radius 1 is 1.16 bits per heavy atom. The number of rotatable bonds is 6. The molecule has 19 heavy (non-hydrogen) atoms. The van der Waals surface area contributed by atoms with Gasteiger partial charge in [-0.15, -0.1) is 10.2 Å². The maximum Gasteiger partial charge on any atom is 0.230 e. The Labute approximate surface area is 109 Å². The molecule has 0 aliphatic carbocycles. The van der Waals surface area contributed by atoms with E-state index >= 15 is 0 Å². The van der Waals surface area contributed by atoms with Crippen molar-refractivity contribution in [2.24, 2.45) is 0 Å². The topological polar surface area (TPSA) is 51.0 Å². The molecule has 2 aromatic rings. The summed E-state index contributed by atoms with van der Waals surface area (Å²) in [7, 11) is 0. The smallest absolute Gasteiger partial charge is 0.230 e. The third kappa shape index (κ3) is 3.57. The largest absolute Gasteiger partial charge is 0.424 e. The van der Waals surface area contributed by atoms with Crippen LogP contribution in [0.15, 0.2) is 22.6 Å². The quantitative estimate of drug-likeness (QED) is 0.817. The van der Waals surface area contributed by atoms with Crippen molar-refractivity contribution in [3.05, 3.63) is 47.2 Å². The van der Waals surface area contributed by atoms with Gasteiger partial charge in [0.25, 0.3) is 0 Å². The van der Waals surface area contributed by atoms with Gasteiger partial charge in [0.05, 0.1) is 13.0 Å². The molecule has 0 unspecified atom stereocenters. The summed E-state index contributed by atoms with van der Waals surface area (Å²) < 4.78 is 32.2. The lowest BCUT2D eigenvalue weighted by atomic mass is 10.1. The van der Waals surface area contributed by atoms with E-state index in [9.17, 15) is 8.78 Å². The number of nitrogens with zero attached hydrogens (tertiary/aromatic N) is 2. The van der Waals surface area contributed by atoms with Gasteiger partial charge in [-0.05, 0) is 25.1 Å². The Kier molecular flexibility index (Phi) is 4.57. The van der Waals surface area contributed by atoms with E-state index in [1.165, 1.54) is 18.2 Å². The minimum atomic E-state index is -0.608. The Hall–Kier alpha value is -1.82. The molecule has 0 bridgehead atoms. The number of hydrogen-bond acceptors (Lipinski definition) is 4. The van der Waals surface area contributed by atoms with Gasteiger partial charge in [-0.2, -0.15) is 0 Å². The highest BCUT2D eigenvalue weighted by Gasteiger charge is 2.13. The first-order valence-corrected chi connectivity index (χ1v) is 6.15. The predicted molar refractivity (Wildman–Crippen MR) is 65.5 cm³/mol. The third-order valence-corrected chi connectivity index (χ3v) is 2.60. The van der Waals surface area contributed by atoms with E-state index in [1.54, 1.807) is 0 Å². The zero-order valence-corrected chi connectivity index (χ0v) is 10.6. The van der Waals surface area contributed by atoms with Crippen LogP contribution in [0.4, 0.5) is 8.78 Å². The SMILES string of the molecule is CCCNCc1nnc(Cc2c(F)cccc2F)o1. The maximum atomic E-state index is 13.4. The van der Waals surface area contributed by atoms with Crippen molar-refractivity contribution >= 4 is 0 Å². The normalized spacial score (nSPS) is 10.9. The van der Waals surface area contributed by atoms with Gasteiger partial charge >= 0.3 is 0 Å². The van der Waals surface area contributed by atoms with Crippen molar-refractivity contribution in [2.75, 3.05) is 6.54 Å². The predicted octanol–water partition coefficient (Wildman–Crippen LogP) is 2.44. The summed E-state index contributed by atoms with van der Waals surface area (Å²) in [5.74, 6) is -0.592. The van der Waals surface area contributed by atoms with E-state index in [-0.39, 0.29) is 17.9 Å². The Morgan fingerprint density at radius 2 is 1.84 bits per heavy atom. The van der Waals surface area contributed by atoms with Crippen LogP contribution in [0.2, 0.25) is 0 Å². The van der Waals surface area contributed by atoms with Gasteiger partial charge in [0.15, 0.2) is 0 Å². The average molecular weight is 267 g/mol. The minimum Gasteiger partial charge on any atom is -0.424 e. The first-order valence-electron chi connectivity index (χ1n) is 6.15. The molecule has 2 rings (SSSR count). The highest BCUT2D eigenvalue weighted by atomic mass is 19.1. The van der Waals surface area contributed by atoms with Crippen LogP contribution in [-0.4, -0.2) is 16.7 Å². The van der Waals surface area contributed by atoms with Crippen molar-refractivity contribution in [1.82, 2.24) is 15.5 Å². The summed E-state index contributed by atoms with van der Waals surface area (Å²) in [5, 5.41) is 10.7. The first kappa shape index (κ1) is 13.6. The van der Waals surface area contributed by atoms with E-state index in [2.05, 4.69) is 15.5 Å². The fourth-order valence-corrected chi connectivity index (χ4v) is 1.66. The van der Waals surface area contributed by atoms with E-state index in [1.807, 2.05) is 6.92 Å². The van der Waals surface area contributed by atoms with Crippen molar-refractivity contribution in [3.8, 4) is 0 Å². The summed E-state index contributed by atoms with van der Waals surface area (Å²) in [6, 6.07) is 3.74. The van der Waals surface area contributed by atoms with Crippen LogP contribution in [0.25, 0.3) is 0 Å². The molecule has 0 spiro atoms. The fourth-order valence-electron chi connectivity index (χ4n) is 1.66. The molecule has 102 valence electrons. The van der Waals surface area contributed by atoms with E-state index in [4.69, 9.17) is 4.42 Å². The van der Waals surface area contributed by atoms with E-state index < -0.39 is 11.6 Å². The molecule has 0 aliphatic rings. The lowest BCUT2D eigenvalue weighted by Gasteiger charge is -2.01. The molecule has 0 saturated carbocycles. The van der Waals surface area contributed by atoms with Gasteiger partial charge in [-0.3, -0.25) is 0 Å². The monoisotopic (exact) mass is 267 g/mol. The Morgan fingerprint density at radius 3 is 2.53 bits per heavy atom. The van der Waals surface area contributed by atoms with Crippen molar-refractivity contribution < 1.29 is 13.2 Å². The number of hydrogen-bond donors (Lipinski definition) is 1. The number of benzene rings is 1. The molecule has 0 fully saturated rings. The minimum absolute atomic E-state index is 0.0424. The molecular formula is C13H15F2N3O. The fraction of sp³-hybridized carbons (Fsp3) is 0.385. The molecule has 1 heterocycles. The molecule has 1 aromatic heterocycles. The second kappa shape index (κ2) is 6.38. The van der Waals surface area contributed by atoms with Crippen LogP contribution in [0, 0.1) is 11.6 Å². The van der Waals surface area contributed by atoms with E-state index in [0.717, 1.165) is 13.0 Å². The lowest BCUT2D eigenvalue weighted by Crippen LogP contribution is -2.13. The molecule has 0 saturated heterocycles. The van der Waals surface area contributed by atoms with Crippen molar-refractivity contribution in [2.45, 2.75) is 26.3 Å². The van der Waals surface area contributed by atoms with Crippen molar-refractivity contribution in [1.29, 1.82) is 0 Å². The Bertz CT molecular complexity index is 522. The summed E-state index contributed by atoms with van der Waals surface area (Å²) in [4.78, 5) is 0. The van der Waals surface area contributed by atoms with Gasteiger partial charge in [0.2, 0.25) is 11.8 Å². The average Bonchev–Trinajstić information content (AvgIpc) is 2.82. The summed E-state index contributed by atoms with van der Waals surface area (Å²) >= 11 is 0. The molecular weight excluding hydrogens is 252 g/mol. The molecule has 6 heteroatoms. The highest BCUT2D eigenvalue weighted by Crippen LogP contribution is 2.16. The highest BCUT2D eigenvalue weighted by molar-refractivity contribution is 5.22. The van der Waals surface area contributed by atoms with Crippen LogP contribution in [-0.2, 0) is 13.0 Å². The first-order chi connectivity index (χ1) is 9.20. The zero-order valence-electron chi connectivity index (χ0n) is 10.6. The summed E-state index contributed by atoms with van der Waals surface area (Å²) in [5.41, 5.74) is -0.0563. The van der Waals surface area contributed by atoms with Crippen LogP contribution in [0.1, 0.15) is 30.7 Å². The second-order valence-electron chi connectivity index (χ2n) is 4.14. The molecule has 0 atom stereocenters. The van der Waals surface area contributed by atoms with Crippen LogP contribution in [0.5, 0.6) is 0 Å². The second-order valence-corrected chi connectivity index (χ2v) is 4.14. The van der Waals surface area contributed by atoms with Gasteiger partial charge < -0.3 is 9.73 Å². The van der Waals surface area contributed by atoms with Gasteiger partial charge in [0, 0.05) is 5.56 Å². The van der Waals surface area contributed by atoms with Crippen molar-refractivity contribution in [3.63, 3.8) is 0 Å². The van der Waals surface area contributed by atoms with E-state index in [0.29, 0.717) is 12.4 Å². The van der Waals surface area contributed by atoms with Gasteiger partial charge in [-0.1, -0.05) is 13.0 Å². The number of nitrogens with one attached hydrogen (secondary N) is 1.